The van der Waals surface area contributed by atoms with Crippen LogP contribution >= 0.6 is 0 Å². The summed E-state index contributed by atoms with van der Waals surface area (Å²) in [5.74, 6) is -0.692. The Hall–Kier alpha value is -2.41. The van der Waals surface area contributed by atoms with E-state index in [0.29, 0.717) is 30.9 Å². The third-order valence-corrected chi connectivity index (χ3v) is 4.16. The minimum Gasteiger partial charge on any atom is -0.383 e. The van der Waals surface area contributed by atoms with Gasteiger partial charge in [-0.1, -0.05) is 0 Å². The Kier molecular flexibility index (Phi) is 6.52. The van der Waals surface area contributed by atoms with Gasteiger partial charge in [0.2, 0.25) is 11.8 Å². The molecule has 0 aliphatic carbocycles. The van der Waals surface area contributed by atoms with Gasteiger partial charge in [0.25, 0.3) is 5.91 Å². The van der Waals surface area contributed by atoms with Gasteiger partial charge < -0.3 is 20.3 Å². The van der Waals surface area contributed by atoms with Crippen molar-refractivity contribution >= 4 is 23.4 Å². The summed E-state index contributed by atoms with van der Waals surface area (Å²) in [4.78, 5) is 37.9. The van der Waals surface area contributed by atoms with Crippen LogP contribution < -0.4 is 10.6 Å². The number of hydrogen-bond acceptors (Lipinski definition) is 4. The van der Waals surface area contributed by atoms with Gasteiger partial charge in [0, 0.05) is 43.9 Å². The molecule has 1 unspecified atom stereocenters. The van der Waals surface area contributed by atoms with Crippen molar-refractivity contribution in [1.29, 1.82) is 0 Å². The van der Waals surface area contributed by atoms with Crippen molar-refractivity contribution in [2.45, 2.75) is 26.3 Å². The second kappa shape index (κ2) is 8.62. The molecule has 1 aromatic carbocycles. The van der Waals surface area contributed by atoms with E-state index in [2.05, 4.69) is 10.6 Å². The number of methoxy groups -OCH3 is 1. The van der Waals surface area contributed by atoms with Crippen molar-refractivity contribution in [2.24, 2.45) is 5.92 Å². The molecule has 1 fully saturated rings. The van der Waals surface area contributed by atoms with Gasteiger partial charge in [0.15, 0.2) is 0 Å². The molecule has 1 heterocycles. The van der Waals surface area contributed by atoms with Gasteiger partial charge in [-0.3, -0.25) is 14.4 Å². The maximum atomic E-state index is 12.3. The summed E-state index contributed by atoms with van der Waals surface area (Å²) in [6, 6.07) is 6.76. The van der Waals surface area contributed by atoms with Gasteiger partial charge in [0.1, 0.15) is 0 Å². The Balaban J connectivity index is 1.89. The Bertz CT molecular complexity index is 628. The second-order valence-electron chi connectivity index (χ2n) is 6.36. The highest BCUT2D eigenvalue weighted by Gasteiger charge is 2.35. The number of nitrogens with one attached hydrogen (secondary N) is 2. The van der Waals surface area contributed by atoms with E-state index in [1.165, 1.54) is 0 Å². The van der Waals surface area contributed by atoms with Gasteiger partial charge in [-0.25, -0.2) is 0 Å². The van der Waals surface area contributed by atoms with Gasteiger partial charge in [-0.05, 0) is 38.1 Å². The van der Waals surface area contributed by atoms with Crippen LogP contribution in [0.4, 0.5) is 5.69 Å². The molecule has 1 atom stereocenters. The first-order valence-electron chi connectivity index (χ1n) is 8.40. The lowest BCUT2D eigenvalue weighted by atomic mass is 10.1. The summed E-state index contributed by atoms with van der Waals surface area (Å²) in [6.07, 6.45) is 0.240. The minimum absolute atomic E-state index is 0.0122. The van der Waals surface area contributed by atoms with Crippen LogP contribution in [0.15, 0.2) is 24.3 Å². The van der Waals surface area contributed by atoms with Crippen LogP contribution in [0.3, 0.4) is 0 Å². The lowest BCUT2D eigenvalue weighted by Crippen LogP contribution is -2.33. The number of benzene rings is 1. The highest BCUT2D eigenvalue weighted by molar-refractivity contribution is 5.98. The van der Waals surface area contributed by atoms with Gasteiger partial charge in [0.05, 0.1) is 12.5 Å². The molecule has 7 nitrogen and oxygen atoms in total. The molecular weight excluding hydrogens is 322 g/mol. The predicted octanol–water partition coefficient (Wildman–Crippen LogP) is 1.26. The fraction of sp³-hybridized carbons (Fsp3) is 0.500. The number of carbonyl (C=O) groups excluding carboxylic acids is 3. The largest absolute Gasteiger partial charge is 0.383 e. The first kappa shape index (κ1) is 18.9. The van der Waals surface area contributed by atoms with E-state index in [1.807, 2.05) is 13.8 Å². The number of ether oxygens (including phenoxy) is 1. The van der Waals surface area contributed by atoms with Crippen LogP contribution in [0, 0.1) is 5.92 Å². The van der Waals surface area contributed by atoms with Crippen molar-refractivity contribution in [1.82, 2.24) is 10.2 Å². The summed E-state index contributed by atoms with van der Waals surface area (Å²) in [7, 11) is 1.57. The van der Waals surface area contributed by atoms with Crippen molar-refractivity contribution in [3.05, 3.63) is 29.8 Å². The zero-order chi connectivity index (χ0) is 18.4. The molecule has 136 valence electrons. The number of carbonyl (C=O) groups is 3. The van der Waals surface area contributed by atoms with E-state index in [-0.39, 0.29) is 36.1 Å². The molecule has 0 spiro atoms. The molecular formula is C18H25N3O4. The summed E-state index contributed by atoms with van der Waals surface area (Å²) in [6.45, 7) is 5.22. The molecule has 0 aromatic heterocycles. The molecule has 2 rings (SSSR count). The second-order valence-corrected chi connectivity index (χ2v) is 6.36. The first-order chi connectivity index (χ1) is 11.9. The van der Waals surface area contributed by atoms with E-state index in [9.17, 15) is 14.4 Å². The van der Waals surface area contributed by atoms with Gasteiger partial charge in [-0.15, -0.1) is 0 Å². The normalized spacial score (nSPS) is 17.0. The number of likely N-dealkylation sites (tertiary alicyclic amines) is 1. The molecule has 0 radical (unpaired) electrons. The lowest BCUT2D eigenvalue weighted by molar-refractivity contribution is -0.129. The number of hydrogen-bond donors (Lipinski definition) is 2. The van der Waals surface area contributed by atoms with Gasteiger partial charge in [-0.2, -0.15) is 0 Å². The summed E-state index contributed by atoms with van der Waals surface area (Å²) in [5, 5.41) is 5.54. The number of amides is 3. The van der Waals surface area contributed by atoms with Crippen LogP contribution in [-0.2, 0) is 14.3 Å². The van der Waals surface area contributed by atoms with Crippen LogP contribution in [-0.4, -0.2) is 55.5 Å². The monoisotopic (exact) mass is 347 g/mol. The van der Waals surface area contributed by atoms with E-state index < -0.39 is 0 Å². The van der Waals surface area contributed by atoms with E-state index in [4.69, 9.17) is 4.74 Å². The number of anilines is 1. The molecule has 1 aliphatic heterocycles. The van der Waals surface area contributed by atoms with Crippen molar-refractivity contribution in [3.63, 3.8) is 0 Å². The van der Waals surface area contributed by atoms with E-state index >= 15 is 0 Å². The van der Waals surface area contributed by atoms with E-state index in [1.54, 1.807) is 36.3 Å². The average molecular weight is 347 g/mol. The zero-order valence-electron chi connectivity index (χ0n) is 14.9. The fourth-order valence-corrected chi connectivity index (χ4v) is 2.72. The average Bonchev–Trinajstić information content (AvgIpc) is 2.98. The number of rotatable bonds is 7. The van der Waals surface area contributed by atoms with E-state index in [0.717, 1.165) is 0 Å². The lowest BCUT2D eigenvalue weighted by Gasteiger charge is -2.20. The molecule has 1 saturated heterocycles. The maximum Gasteiger partial charge on any atom is 0.251 e. The minimum atomic E-state index is -0.341. The Morgan fingerprint density at radius 2 is 1.96 bits per heavy atom. The molecule has 7 heteroatoms. The smallest absolute Gasteiger partial charge is 0.251 e. The SMILES string of the molecule is COCCNC(=O)c1ccc(NC(=O)C2CC(=O)N(C(C)C)C2)cc1. The summed E-state index contributed by atoms with van der Waals surface area (Å²) in [5.41, 5.74) is 1.12. The van der Waals surface area contributed by atoms with Gasteiger partial charge >= 0.3 is 0 Å². The standard InChI is InChI=1S/C18H25N3O4/c1-12(2)21-11-14(10-16(21)22)18(24)20-15-6-4-13(5-7-15)17(23)19-8-9-25-3/h4-7,12,14H,8-11H2,1-3H3,(H,19,23)(H,20,24). The Morgan fingerprint density at radius 1 is 1.28 bits per heavy atom. The molecule has 0 bridgehead atoms. The molecule has 25 heavy (non-hydrogen) atoms. The highest BCUT2D eigenvalue weighted by Crippen LogP contribution is 2.22. The third-order valence-electron chi connectivity index (χ3n) is 4.16. The first-order valence-corrected chi connectivity index (χ1v) is 8.40. The third kappa shape index (κ3) is 5.03. The maximum absolute atomic E-state index is 12.3. The summed E-state index contributed by atoms with van der Waals surface area (Å²) < 4.78 is 4.88. The van der Waals surface area contributed by atoms with Crippen molar-refractivity contribution in [2.75, 3.05) is 32.1 Å². The molecule has 3 amide bonds. The topological polar surface area (TPSA) is 87.7 Å². The number of nitrogens with zero attached hydrogens (tertiary/aromatic N) is 1. The zero-order valence-corrected chi connectivity index (χ0v) is 14.9. The Labute approximate surface area is 147 Å². The van der Waals surface area contributed by atoms with Crippen LogP contribution in [0.1, 0.15) is 30.6 Å². The summed E-state index contributed by atoms with van der Waals surface area (Å²) >= 11 is 0. The van der Waals surface area contributed by atoms with Crippen LogP contribution in [0.5, 0.6) is 0 Å². The Morgan fingerprint density at radius 3 is 2.52 bits per heavy atom. The fourth-order valence-electron chi connectivity index (χ4n) is 2.72. The molecule has 1 aromatic rings. The van der Waals surface area contributed by atoms with Crippen molar-refractivity contribution in [3.8, 4) is 0 Å². The molecule has 2 N–H and O–H groups in total. The van der Waals surface area contributed by atoms with Crippen LogP contribution in [0.25, 0.3) is 0 Å². The molecule has 0 saturated carbocycles. The highest BCUT2D eigenvalue weighted by atomic mass is 16.5. The molecule has 1 aliphatic rings. The quantitative estimate of drug-likeness (QED) is 0.727. The predicted molar refractivity (Wildman–Crippen MR) is 94.2 cm³/mol. The van der Waals surface area contributed by atoms with Crippen LogP contribution in [0.2, 0.25) is 0 Å². The van der Waals surface area contributed by atoms with Crippen molar-refractivity contribution < 1.29 is 19.1 Å².